The summed E-state index contributed by atoms with van der Waals surface area (Å²) >= 11 is 5.65. The molecule has 0 atom stereocenters. The smallest absolute Gasteiger partial charge is 0.259 e. The zero-order chi connectivity index (χ0) is 21.1. The molecule has 1 aromatic heterocycles. The van der Waals surface area contributed by atoms with Crippen LogP contribution < -0.4 is 10.1 Å². The lowest BCUT2D eigenvalue weighted by atomic mass is 10.1. The average molecular weight is 460 g/mol. The average Bonchev–Trinajstić information content (AvgIpc) is 2.75. The van der Waals surface area contributed by atoms with E-state index in [-0.39, 0.29) is 28.8 Å². The van der Waals surface area contributed by atoms with Crippen molar-refractivity contribution in [1.29, 1.82) is 0 Å². The first-order valence-corrected chi connectivity index (χ1v) is 9.30. The molecular weight excluding hydrogens is 444 g/mol. The van der Waals surface area contributed by atoms with Gasteiger partial charge in [0.1, 0.15) is 36.1 Å². The summed E-state index contributed by atoms with van der Waals surface area (Å²) < 4.78 is 19.9. The first-order valence-electron chi connectivity index (χ1n) is 8.92. The number of phenolic OH excluding ortho intramolecular Hbond substituents is 1. The molecule has 0 radical (unpaired) electrons. The molecule has 3 aromatic carbocycles. The van der Waals surface area contributed by atoms with Gasteiger partial charge in [0.2, 0.25) is 0 Å². The zero-order valence-electron chi connectivity index (χ0n) is 15.9. The van der Waals surface area contributed by atoms with Crippen molar-refractivity contribution >= 4 is 46.6 Å². The zero-order valence-corrected chi connectivity index (χ0v) is 17.5. The molecule has 0 spiro atoms. The molecular formula is C22H16Cl2FN3O3. The number of hydrogen-bond donors (Lipinski definition) is 2. The summed E-state index contributed by atoms with van der Waals surface area (Å²) in [7, 11) is 0. The van der Waals surface area contributed by atoms with Gasteiger partial charge >= 0.3 is 0 Å². The van der Waals surface area contributed by atoms with Gasteiger partial charge in [0, 0.05) is 11.5 Å². The molecule has 0 saturated heterocycles. The molecule has 0 aliphatic carbocycles. The molecule has 0 fully saturated rings. The normalized spacial score (nSPS) is 10.4. The van der Waals surface area contributed by atoms with E-state index < -0.39 is 17.5 Å². The van der Waals surface area contributed by atoms with Crippen molar-refractivity contribution in [3.8, 4) is 11.5 Å². The summed E-state index contributed by atoms with van der Waals surface area (Å²) in [5.74, 6) is -1.21. The number of halogens is 3. The lowest BCUT2D eigenvalue weighted by Gasteiger charge is -2.10. The summed E-state index contributed by atoms with van der Waals surface area (Å²) in [4.78, 5) is 20.8. The third-order valence-electron chi connectivity index (χ3n) is 4.37. The standard InChI is InChI=1S/C22H15ClFN3O3.ClH/c23-17-10-18(24)16(9-20(17)28)22(29)27-21-15-7-6-14(8-19(15)25-12-26-21)30-11-13-4-2-1-3-5-13;/h1-10,12,28H,11H2,(H,25,26,27,29);1H. The van der Waals surface area contributed by atoms with Gasteiger partial charge < -0.3 is 15.2 Å². The number of carbonyl (C=O) groups is 1. The Balaban J connectivity index is 0.00000272. The van der Waals surface area contributed by atoms with Crippen LogP contribution in [0.1, 0.15) is 15.9 Å². The fraction of sp³-hybridized carbons (Fsp3) is 0.0455. The quantitative estimate of drug-likeness (QED) is 0.418. The third kappa shape index (κ3) is 5.02. The minimum Gasteiger partial charge on any atom is -0.506 e. The second kappa shape index (κ2) is 9.59. The Morgan fingerprint density at radius 1 is 1.10 bits per heavy atom. The van der Waals surface area contributed by atoms with Gasteiger partial charge in [-0.15, -0.1) is 12.4 Å². The van der Waals surface area contributed by atoms with Crippen LogP contribution in [-0.4, -0.2) is 21.0 Å². The van der Waals surface area contributed by atoms with E-state index in [1.807, 2.05) is 30.3 Å². The van der Waals surface area contributed by atoms with E-state index in [1.165, 1.54) is 6.33 Å². The van der Waals surface area contributed by atoms with E-state index in [9.17, 15) is 14.3 Å². The van der Waals surface area contributed by atoms with E-state index in [0.29, 0.717) is 23.3 Å². The third-order valence-corrected chi connectivity index (χ3v) is 4.67. The largest absolute Gasteiger partial charge is 0.506 e. The number of ether oxygens (including phenoxy) is 1. The Hall–Kier alpha value is -3.42. The van der Waals surface area contributed by atoms with Crippen LogP contribution >= 0.6 is 24.0 Å². The van der Waals surface area contributed by atoms with E-state index in [1.54, 1.807) is 18.2 Å². The SMILES string of the molecule is Cl.O=C(Nc1ncnc2cc(OCc3ccccc3)ccc12)c1cc(O)c(Cl)cc1F. The van der Waals surface area contributed by atoms with Crippen LogP contribution in [0, 0.1) is 5.82 Å². The molecule has 0 aliphatic rings. The van der Waals surface area contributed by atoms with Crippen molar-refractivity contribution in [3.63, 3.8) is 0 Å². The maximum absolute atomic E-state index is 14.1. The maximum Gasteiger partial charge on any atom is 0.259 e. The number of phenols is 1. The van der Waals surface area contributed by atoms with Gasteiger partial charge in [-0.25, -0.2) is 14.4 Å². The van der Waals surface area contributed by atoms with E-state index in [4.69, 9.17) is 16.3 Å². The van der Waals surface area contributed by atoms with Crippen LogP contribution in [-0.2, 0) is 6.61 Å². The van der Waals surface area contributed by atoms with Crippen molar-refractivity contribution in [3.05, 3.63) is 89.0 Å². The molecule has 0 saturated carbocycles. The summed E-state index contributed by atoms with van der Waals surface area (Å²) in [6.07, 6.45) is 1.29. The topological polar surface area (TPSA) is 84.3 Å². The van der Waals surface area contributed by atoms with E-state index >= 15 is 0 Å². The molecule has 0 unspecified atom stereocenters. The monoisotopic (exact) mass is 459 g/mol. The van der Waals surface area contributed by atoms with Crippen LogP contribution in [0.3, 0.4) is 0 Å². The molecule has 31 heavy (non-hydrogen) atoms. The second-order valence-corrected chi connectivity index (χ2v) is 6.82. The van der Waals surface area contributed by atoms with E-state index in [2.05, 4.69) is 15.3 Å². The fourth-order valence-electron chi connectivity index (χ4n) is 2.85. The number of nitrogens with zero attached hydrogens (tertiary/aromatic N) is 2. The van der Waals surface area contributed by atoms with Crippen LogP contribution in [0.4, 0.5) is 10.2 Å². The van der Waals surface area contributed by atoms with E-state index in [0.717, 1.165) is 17.7 Å². The first-order chi connectivity index (χ1) is 14.5. The summed E-state index contributed by atoms with van der Waals surface area (Å²) in [5.41, 5.74) is 1.22. The number of aromatic nitrogens is 2. The molecule has 158 valence electrons. The van der Waals surface area contributed by atoms with Crippen molar-refractivity contribution in [2.24, 2.45) is 0 Å². The van der Waals surface area contributed by atoms with Crippen molar-refractivity contribution in [2.75, 3.05) is 5.32 Å². The Labute approximate surface area is 188 Å². The number of anilines is 1. The molecule has 0 bridgehead atoms. The van der Waals surface area contributed by atoms with Crippen molar-refractivity contribution in [2.45, 2.75) is 6.61 Å². The highest BCUT2D eigenvalue weighted by molar-refractivity contribution is 6.32. The number of hydrogen-bond acceptors (Lipinski definition) is 5. The molecule has 1 heterocycles. The van der Waals surface area contributed by atoms with Crippen molar-refractivity contribution < 1.29 is 19.0 Å². The number of rotatable bonds is 5. The van der Waals surface area contributed by atoms with Gasteiger partial charge in [0.25, 0.3) is 5.91 Å². The molecule has 1 amide bonds. The maximum atomic E-state index is 14.1. The number of fused-ring (bicyclic) bond motifs is 1. The number of amides is 1. The van der Waals surface area contributed by atoms with Crippen molar-refractivity contribution in [1.82, 2.24) is 9.97 Å². The van der Waals surface area contributed by atoms with Crippen LogP contribution in [0.15, 0.2) is 67.0 Å². The number of carbonyl (C=O) groups excluding carboxylic acids is 1. The fourth-order valence-corrected chi connectivity index (χ4v) is 3.00. The van der Waals surface area contributed by atoms with Crippen LogP contribution in [0.25, 0.3) is 10.9 Å². The number of nitrogens with one attached hydrogen (secondary N) is 1. The van der Waals surface area contributed by atoms with Gasteiger partial charge in [-0.3, -0.25) is 4.79 Å². The molecule has 2 N–H and O–H groups in total. The van der Waals surface area contributed by atoms with Crippen LogP contribution in [0.2, 0.25) is 5.02 Å². The van der Waals surface area contributed by atoms with Gasteiger partial charge in [-0.1, -0.05) is 41.9 Å². The predicted molar refractivity (Wildman–Crippen MR) is 119 cm³/mol. The summed E-state index contributed by atoms with van der Waals surface area (Å²) in [6, 6.07) is 16.7. The highest BCUT2D eigenvalue weighted by Crippen LogP contribution is 2.28. The lowest BCUT2D eigenvalue weighted by Crippen LogP contribution is -2.15. The molecule has 4 rings (SSSR count). The molecule has 0 aliphatic heterocycles. The number of benzene rings is 3. The highest BCUT2D eigenvalue weighted by atomic mass is 35.5. The highest BCUT2D eigenvalue weighted by Gasteiger charge is 2.17. The Kier molecular flexibility index (Phi) is 6.89. The molecule has 9 heteroatoms. The Morgan fingerprint density at radius 2 is 1.87 bits per heavy atom. The Bertz CT molecular complexity index is 1240. The first kappa shape index (κ1) is 22.3. The van der Waals surface area contributed by atoms with Gasteiger partial charge in [0.15, 0.2) is 0 Å². The minimum absolute atomic E-state index is 0. The van der Waals surface area contributed by atoms with Gasteiger partial charge in [-0.2, -0.15) is 0 Å². The Morgan fingerprint density at radius 3 is 2.65 bits per heavy atom. The summed E-state index contributed by atoms with van der Waals surface area (Å²) in [6.45, 7) is 0.403. The summed E-state index contributed by atoms with van der Waals surface area (Å²) in [5, 5.41) is 12.6. The van der Waals surface area contributed by atoms with Gasteiger partial charge in [-0.05, 0) is 29.8 Å². The molecule has 4 aromatic rings. The molecule has 6 nitrogen and oxygen atoms in total. The van der Waals surface area contributed by atoms with Crippen LogP contribution in [0.5, 0.6) is 11.5 Å². The minimum atomic E-state index is -0.856. The lowest BCUT2D eigenvalue weighted by molar-refractivity contribution is 0.102. The predicted octanol–water partition coefficient (Wildman–Crippen LogP) is 5.38. The van der Waals surface area contributed by atoms with Gasteiger partial charge in [0.05, 0.1) is 16.1 Å². The second-order valence-electron chi connectivity index (χ2n) is 6.41. The number of aromatic hydroxyl groups is 1.